The molecule has 1 atom stereocenters. The van der Waals surface area contributed by atoms with Gasteiger partial charge in [-0.15, -0.1) is 0 Å². The van der Waals surface area contributed by atoms with Gasteiger partial charge in [0.1, 0.15) is 27.1 Å². The molecule has 0 spiro atoms. The summed E-state index contributed by atoms with van der Waals surface area (Å²) in [5.74, 6) is 0.186. The van der Waals surface area contributed by atoms with Crippen molar-refractivity contribution in [1.82, 2.24) is 14.3 Å². The topological polar surface area (TPSA) is 105 Å². The van der Waals surface area contributed by atoms with Crippen LogP contribution in [0.4, 0.5) is 4.39 Å². The largest absolute Gasteiger partial charge is 0.496 e. The molecule has 5 rings (SSSR count). The highest BCUT2D eigenvalue weighted by atomic mass is 32.3. The van der Waals surface area contributed by atoms with Gasteiger partial charge >= 0.3 is 0 Å². The Labute approximate surface area is 221 Å². The number of aromatic amines is 1. The fourth-order valence-corrected chi connectivity index (χ4v) is 7.95. The molecule has 0 saturated carbocycles. The monoisotopic (exact) mass is 554 g/mol. The van der Waals surface area contributed by atoms with E-state index in [2.05, 4.69) is 13.7 Å². The molecule has 1 aliphatic heterocycles. The molecule has 38 heavy (non-hydrogen) atoms. The number of nitrogens with one attached hydrogen (secondary N) is 1. The number of nitrogens with zero attached hydrogens (tertiary/aromatic N) is 3. The maximum atomic E-state index is 14.1. The molecule has 2 aromatic heterocycles. The van der Waals surface area contributed by atoms with E-state index in [0.29, 0.717) is 29.9 Å². The van der Waals surface area contributed by atoms with Crippen molar-refractivity contribution in [3.05, 3.63) is 83.9 Å². The van der Waals surface area contributed by atoms with E-state index >= 15 is 0 Å². The SMILES string of the molecule is COc1ccc(F)cc1-c1ccnc2[nH]c(C3=CCN(S(C)(=O)=NS(=O)(=O)c4ccc(C)cc4)CC3)cc12. The Bertz CT molecular complexity index is 1790. The molecule has 0 aliphatic carbocycles. The van der Waals surface area contributed by atoms with Crippen LogP contribution in [-0.4, -0.2) is 53.4 Å². The van der Waals surface area contributed by atoms with Crippen LogP contribution in [0.3, 0.4) is 0 Å². The minimum atomic E-state index is -4.07. The lowest BCUT2D eigenvalue weighted by Gasteiger charge is -2.26. The smallest absolute Gasteiger partial charge is 0.291 e. The second-order valence-electron chi connectivity index (χ2n) is 9.14. The molecule has 0 bridgehead atoms. The van der Waals surface area contributed by atoms with Gasteiger partial charge in [-0.05, 0) is 66.9 Å². The lowest BCUT2D eigenvalue weighted by Crippen LogP contribution is -2.34. The Morgan fingerprint density at radius 3 is 2.50 bits per heavy atom. The summed E-state index contributed by atoms with van der Waals surface area (Å²) in [4.78, 5) is 7.77. The summed E-state index contributed by atoms with van der Waals surface area (Å²) in [6.45, 7) is 2.49. The van der Waals surface area contributed by atoms with Crippen molar-refractivity contribution >= 4 is 36.5 Å². The lowest BCUT2D eigenvalue weighted by atomic mass is 10.0. The molecule has 8 nitrogen and oxygen atoms in total. The Hall–Kier alpha value is -3.54. The van der Waals surface area contributed by atoms with E-state index in [1.54, 1.807) is 35.8 Å². The maximum absolute atomic E-state index is 14.1. The minimum absolute atomic E-state index is 0.0159. The zero-order valence-corrected chi connectivity index (χ0v) is 22.8. The summed E-state index contributed by atoms with van der Waals surface area (Å²) in [5, 5.41) is 0.813. The van der Waals surface area contributed by atoms with E-state index in [4.69, 9.17) is 4.74 Å². The molecule has 1 unspecified atom stereocenters. The number of hydrogen-bond donors (Lipinski definition) is 1. The lowest BCUT2D eigenvalue weighted by molar-refractivity contribution is 0.415. The number of aryl methyl sites for hydroxylation is 1. The molecule has 1 aliphatic rings. The van der Waals surface area contributed by atoms with Gasteiger partial charge in [0.05, 0.1) is 12.0 Å². The highest BCUT2D eigenvalue weighted by Crippen LogP contribution is 2.36. The second-order valence-corrected chi connectivity index (χ2v) is 13.2. The second kappa shape index (κ2) is 9.97. The minimum Gasteiger partial charge on any atom is -0.496 e. The van der Waals surface area contributed by atoms with Gasteiger partial charge in [0.25, 0.3) is 10.0 Å². The first-order valence-corrected chi connectivity index (χ1v) is 15.2. The van der Waals surface area contributed by atoms with Gasteiger partial charge in [-0.3, -0.25) is 0 Å². The molecule has 198 valence electrons. The molecule has 3 heterocycles. The van der Waals surface area contributed by atoms with Gasteiger partial charge < -0.3 is 9.72 Å². The molecular formula is C27H27FN4O4S2. The quantitative estimate of drug-likeness (QED) is 0.354. The Morgan fingerprint density at radius 2 is 1.82 bits per heavy atom. The van der Waals surface area contributed by atoms with Crippen molar-refractivity contribution in [2.75, 3.05) is 26.5 Å². The number of sulfonamides is 1. The molecule has 0 saturated heterocycles. The fraction of sp³-hybridized carbons (Fsp3) is 0.222. The molecule has 1 N–H and O–H groups in total. The summed E-state index contributed by atoms with van der Waals surface area (Å²) in [6.07, 6.45) is 5.44. The van der Waals surface area contributed by atoms with Crippen LogP contribution in [0.5, 0.6) is 5.75 Å². The first-order valence-electron chi connectivity index (χ1n) is 11.9. The first kappa shape index (κ1) is 26.1. The van der Waals surface area contributed by atoms with Crippen molar-refractivity contribution in [3.8, 4) is 16.9 Å². The van der Waals surface area contributed by atoms with Crippen LogP contribution in [-0.2, 0) is 19.9 Å². The highest BCUT2D eigenvalue weighted by Gasteiger charge is 2.24. The number of ether oxygens (including phenoxy) is 1. The Kier molecular flexibility index (Phi) is 6.84. The van der Waals surface area contributed by atoms with Gasteiger partial charge in [0, 0.05) is 42.2 Å². The zero-order valence-electron chi connectivity index (χ0n) is 21.1. The van der Waals surface area contributed by atoms with E-state index in [1.165, 1.54) is 30.5 Å². The van der Waals surface area contributed by atoms with Crippen LogP contribution in [0.1, 0.15) is 17.7 Å². The number of benzene rings is 2. The van der Waals surface area contributed by atoms with Crippen molar-refractivity contribution in [2.45, 2.75) is 18.2 Å². The Morgan fingerprint density at radius 1 is 1.05 bits per heavy atom. The van der Waals surface area contributed by atoms with Crippen LogP contribution < -0.4 is 4.74 Å². The van der Waals surface area contributed by atoms with Crippen molar-refractivity contribution in [3.63, 3.8) is 0 Å². The first-order chi connectivity index (χ1) is 18.1. The Balaban J connectivity index is 1.44. The number of methoxy groups -OCH3 is 1. The van der Waals surface area contributed by atoms with Crippen molar-refractivity contribution in [1.29, 1.82) is 0 Å². The van der Waals surface area contributed by atoms with Gasteiger partial charge in [0.2, 0.25) is 0 Å². The number of rotatable bonds is 6. The number of aromatic nitrogens is 2. The third-order valence-corrected chi connectivity index (χ3v) is 10.6. The highest BCUT2D eigenvalue weighted by molar-refractivity contribution is 8.01. The molecule has 0 radical (unpaired) electrons. The summed E-state index contributed by atoms with van der Waals surface area (Å²) < 4.78 is 63.8. The van der Waals surface area contributed by atoms with Crippen LogP contribution in [0.15, 0.2) is 75.5 Å². The molecular weight excluding hydrogens is 527 g/mol. The summed E-state index contributed by atoms with van der Waals surface area (Å²) in [6, 6.07) is 14.5. The van der Waals surface area contributed by atoms with Crippen LogP contribution in [0.2, 0.25) is 0 Å². The fourth-order valence-electron chi connectivity index (χ4n) is 4.51. The van der Waals surface area contributed by atoms with Crippen LogP contribution in [0.25, 0.3) is 27.7 Å². The van der Waals surface area contributed by atoms with Crippen molar-refractivity contribution in [2.24, 2.45) is 3.77 Å². The molecule has 0 amide bonds. The standard InChI is InChI=1S/C27H27FN4O4S2/c1-18-4-7-21(8-5-18)38(34,35)31-37(3,33)32-14-11-19(12-15-32)25-17-24-22(10-13-29-27(24)30-25)23-16-20(28)6-9-26(23)36-2/h4-11,13,16-17H,12,14-15H2,1-3H3,(H,29,30). The molecule has 2 aromatic carbocycles. The van der Waals surface area contributed by atoms with Gasteiger partial charge in [-0.1, -0.05) is 27.5 Å². The van der Waals surface area contributed by atoms with Gasteiger partial charge in [0.15, 0.2) is 0 Å². The van der Waals surface area contributed by atoms with Crippen LogP contribution >= 0.6 is 0 Å². The number of fused-ring (bicyclic) bond motifs is 1. The van der Waals surface area contributed by atoms with E-state index in [1.807, 2.05) is 25.1 Å². The number of pyridine rings is 1. The summed E-state index contributed by atoms with van der Waals surface area (Å²) in [7, 11) is -5.71. The van der Waals surface area contributed by atoms with E-state index < -0.39 is 19.9 Å². The van der Waals surface area contributed by atoms with E-state index in [9.17, 15) is 17.0 Å². The van der Waals surface area contributed by atoms with Gasteiger partial charge in [-0.2, -0.15) is 8.42 Å². The third kappa shape index (κ3) is 5.09. The number of H-pyrrole nitrogens is 1. The maximum Gasteiger partial charge on any atom is 0.291 e. The zero-order chi connectivity index (χ0) is 27.1. The van der Waals surface area contributed by atoms with Gasteiger partial charge in [-0.25, -0.2) is 17.9 Å². The number of hydrogen-bond acceptors (Lipinski definition) is 5. The summed E-state index contributed by atoms with van der Waals surface area (Å²) >= 11 is 0. The normalized spacial score (nSPS) is 16.2. The predicted molar refractivity (Wildman–Crippen MR) is 147 cm³/mol. The third-order valence-electron chi connectivity index (χ3n) is 6.54. The number of halogens is 1. The molecule has 0 fully saturated rings. The van der Waals surface area contributed by atoms with Crippen LogP contribution in [0, 0.1) is 12.7 Å². The van der Waals surface area contributed by atoms with E-state index in [0.717, 1.165) is 27.8 Å². The average molecular weight is 555 g/mol. The van der Waals surface area contributed by atoms with E-state index in [-0.39, 0.29) is 17.3 Å². The molecule has 4 aromatic rings. The average Bonchev–Trinajstić information content (AvgIpc) is 3.33. The summed E-state index contributed by atoms with van der Waals surface area (Å²) in [5.41, 5.74) is 4.78. The van der Waals surface area contributed by atoms with Crippen molar-refractivity contribution < 1.29 is 21.8 Å². The predicted octanol–water partition coefficient (Wildman–Crippen LogP) is 5.18. The molecule has 11 heteroatoms.